The Hall–Kier alpha value is -1.96. The molecule has 0 saturated carbocycles. The fraction of sp³-hybridized carbons (Fsp3) is 0.300. The summed E-state index contributed by atoms with van der Waals surface area (Å²) in [5, 5.41) is 0. The van der Waals surface area contributed by atoms with Crippen LogP contribution in [0.15, 0.2) is 102 Å². The van der Waals surface area contributed by atoms with Gasteiger partial charge in [0.25, 0.3) is 0 Å². The minimum atomic E-state index is -3.68. The molecule has 4 heteroatoms. The first-order valence-corrected chi connectivity index (χ1v) is 29.6. The molecule has 0 bridgehead atoms. The van der Waals surface area contributed by atoms with E-state index >= 15 is 0 Å². The molecule has 2 aliphatic carbocycles. The fourth-order valence-corrected chi connectivity index (χ4v) is 29.0. The largest absolute Gasteiger partial charge is 0.147 e. The van der Waals surface area contributed by atoms with Gasteiger partial charge in [0.15, 0.2) is 0 Å². The molecule has 0 nitrogen and oxygen atoms in total. The van der Waals surface area contributed by atoms with Crippen molar-refractivity contribution >= 4 is 43.8 Å². The first kappa shape index (κ1) is 34.9. The summed E-state index contributed by atoms with van der Waals surface area (Å²) in [6.07, 6.45) is 9.03. The number of benzene rings is 4. The van der Waals surface area contributed by atoms with Crippen molar-refractivity contribution in [1.82, 2.24) is 0 Å². The van der Waals surface area contributed by atoms with Crippen LogP contribution in [0.25, 0.3) is 34.4 Å². The van der Waals surface area contributed by atoms with Crippen LogP contribution in [0.4, 0.5) is 0 Å². The quantitative estimate of drug-likeness (QED) is 0.159. The minimum absolute atomic E-state index is 0. The molecule has 0 aromatic heterocycles. The van der Waals surface area contributed by atoms with Crippen LogP contribution in [0.1, 0.15) is 75.1 Å². The van der Waals surface area contributed by atoms with Crippen LogP contribution in [0, 0.1) is 12.8 Å². The summed E-state index contributed by atoms with van der Waals surface area (Å²) in [6, 6.07) is 34.0. The van der Waals surface area contributed by atoms with Gasteiger partial charge in [0.2, 0.25) is 0 Å². The molecule has 0 N–H and O–H groups in total. The molecule has 4 aromatic carbocycles. The second-order valence-electron chi connectivity index (χ2n) is 14.2. The van der Waals surface area contributed by atoms with Crippen LogP contribution >= 0.6 is 24.8 Å². The predicted molar refractivity (Wildman–Crippen MR) is 199 cm³/mol. The topological polar surface area (TPSA) is 0 Å². The van der Waals surface area contributed by atoms with E-state index < -0.39 is 17.4 Å². The van der Waals surface area contributed by atoms with Crippen molar-refractivity contribution in [3.63, 3.8) is 0 Å². The van der Waals surface area contributed by atoms with Gasteiger partial charge in [-0.25, -0.2) is 0 Å². The monoisotopic (exact) mass is 716 g/mol. The van der Waals surface area contributed by atoms with E-state index in [0.29, 0.717) is 13.2 Å². The molecule has 230 valence electrons. The van der Waals surface area contributed by atoms with Gasteiger partial charge in [-0.3, -0.25) is 0 Å². The predicted octanol–water partition coefficient (Wildman–Crippen LogP) is 11.9. The minimum Gasteiger partial charge on any atom is -0.147 e. The number of allylic oxidation sites excluding steroid dienone is 2. The summed E-state index contributed by atoms with van der Waals surface area (Å²) in [5.41, 5.74) is 16.4. The van der Waals surface area contributed by atoms with E-state index in [1.807, 2.05) is 0 Å². The molecule has 4 aromatic rings. The third kappa shape index (κ3) is 5.98. The zero-order valence-corrected chi connectivity index (χ0v) is 32.7. The van der Waals surface area contributed by atoms with Crippen molar-refractivity contribution in [3.8, 4) is 22.3 Å². The number of fused-ring (bicyclic) bond motifs is 2. The van der Waals surface area contributed by atoms with Gasteiger partial charge in [-0.15, -0.1) is 24.8 Å². The Morgan fingerprint density at radius 1 is 0.705 bits per heavy atom. The summed E-state index contributed by atoms with van der Waals surface area (Å²) >= 11 is -3.68. The number of hydrogen-bond donors (Lipinski definition) is 0. The van der Waals surface area contributed by atoms with Crippen LogP contribution < -0.4 is 0 Å². The first-order chi connectivity index (χ1) is 20.1. The summed E-state index contributed by atoms with van der Waals surface area (Å²) in [4.78, 5) is 0. The Morgan fingerprint density at radius 3 is 1.89 bits per heavy atom. The third-order valence-corrected chi connectivity index (χ3v) is 27.9. The molecule has 3 atom stereocenters. The zero-order valence-electron chi connectivity index (χ0n) is 27.2. The molecule has 0 amide bonds. The number of hydrogen-bond acceptors (Lipinski definition) is 0. The molecule has 0 fully saturated rings. The van der Waals surface area contributed by atoms with Crippen LogP contribution in [-0.4, -0.2) is 6.88 Å². The molecule has 44 heavy (non-hydrogen) atoms. The summed E-state index contributed by atoms with van der Waals surface area (Å²) in [5.74, 6) is 0.588. The molecular formula is C40H48Cl2SiZr. The Labute approximate surface area is 280 Å². The van der Waals surface area contributed by atoms with Gasteiger partial charge in [-0.2, -0.15) is 0 Å². The van der Waals surface area contributed by atoms with Gasteiger partial charge in [0.1, 0.15) is 0 Å². The smallest absolute Gasteiger partial charge is 0.147 e. The first-order valence-electron chi connectivity index (χ1n) is 15.9. The third-order valence-electron chi connectivity index (χ3n) is 10.3. The molecule has 0 saturated heterocycles. The van der Waals surface area contributed by atoms with Crippen LogP contribution in [0.2, 0.25) is 9.26 Å². The molecule has 0 spiro atoms. The maximum absolute atomic E-state index is 3.68. The normalized spacial score (nSPS) is 17.9. The Bertz CT molecular complexity index is 1780. The average molecular weight is 719 g/mol. The molecule has 0 radical (unpaired) electrons. The maximum atomic E-state index is 2.79. The molecule has 0 heterocycles. The van der Waals surface area contributed by atoms with Crippen LogP contribution in [0.5, 0.6) is 0 Å². The molecule has 2 aliphatic rings. The van der Waals surface area contributed by atoms with Crippen molar-refractivity contribution in [2.75, 3.05) is 0 Å². The van der Waals surface area contributed by atoms with Crippen molar-refractivity contribution in [1.29, 1.82) is 0 Å². The number of aryl methyl sites for hydroxylation is 1. The van der Waals surface area contributed by atoms with Gasteiger partial charge in [-0.1, -0.05) is 0 Å². The van der Waals surface area contributed by atoms with Gasteiger partial charge in [0, 0.05) is 0 Å². The Morgan fingerprint density at radius 2 is 1.30 bits per heavy atom. The number of halogens is 2. The standard InChI is InChI=1S/C21H23.C17H15.2CH3.2ClH.H2Si.Zr/c1-3-4-9-16(2)19-14-18-12-8-13-20(21(18)15-19)17-10-6-5-7-11-17;1-12-10-16-13(2)8-9-15(17(16)11-12)14-6-4-3-5-7-14;;;;;;/h5-8,10-16H,3-4,9H2,1-2H3;3-11H,1-2H3;2*1H3;2*1H;1H2;. The maximum Gasteiger partial charge on any atom is -0.147 e. The second kappa shape index (κ2) is 13.4. The second-order valence-corrected chi connectivity index (χ2v) is 44.6. The number of unbranched alkanes of at least 4 members (excludes halogenated alkanes) is 1. The van der Waals surface area contributed by atoms with E-state index in [4.69, 9.17) is 0 Å². The Balaban J connectivity index is 0.00000221. The molecule has 6 rings (SSSR count). The van der Waals surface area contributed by atoms with E-state index in [-0.39, 0.29) is 24.8 Å². The Kier molecular flexibility index (Phi) is 10.6. The van der Waals surface area contributed by atoms with Crippen LogP contribution in [-0.2, 0) is 17.4 Å². The number of rotatable bonds is 8. The average Bonchev–Trinajstić information content (AvgIpc) is 3.57. The van der Waals surface area contributed by atoms with Crippen molar-refractivity contribution in [2.45, 2.75) is 63.5 Å². The summed E-state index contributed by atoms with van der Waals surface area (Å²) in [6.45, 7) is 12.1. The van der Waals surface area contributed by atoms with E-state index in [9.17, 15) is 0 Å². The van der Waals surface area contributed by atoms with Crippen molar-refractivity contribution in [3.05, 3.63) is 130 Å². The molecule has 0 aliphatic heterocycles. The SMILES string of the molecule is CCCCC(C)C1=Cc2c(-c3ccccc3)cccc2[CH]1[Zr]([CH3])([CH3])(=[SiH2])[CH]1C(C)=Cc2c(-c3ccccc3)ccc(C)c21.Cl.Cl. The molecular weight excluding hydrogens is 671 g/mol. The molecule has 3 unspecified atom stereocenters. The van der Waals surface area contributed by atoms with Crippen molar-refractivity contribution in [2.24, 2.45) is 5.92 Å². The zero-order chi connectivity index (χ0) is 29.7. The van der Waals surface area contributed by atoms with Gasteiger partial charge in [0.05, 0.1) is 0 Å². The fourth-order valence-electron chi connectivity index (χ4n) is 8.54. The van der Waals surface area contributed by atoms with Gasteiger partial charge >= 0.3 is 258 Å². The van der Waals surface area contributed by atoms with Gasteiger partial charge in [-0.05, 0) is 0 Å². The summed E-state index contributed by atoms with van der Waals surface area (Å²) < 4.78 is 6.65. The van der Waals surface area contributed by atoms with Crippen LogP contribution in [0.3, 0.4) is 0 Å². The summed E-state index contributed by atoms with van der Waals surface area (Å²) in [7, 11) is 0. The van der Waals surface area contributed by atoms with E-state index in [2.05, 4.69) is 147 Å². The van der Waals surface area contributed by atoms with E-state index in [1.165, 1.54) is 58.2 Å². The van der Waals surface area contributed by atoms with E-state index in [0.717, 1.165) is 0 Å². The van der Waals surface area contributed by atoms with Crippen molar-refractivity contribution < 1.29 is 17.4 Å². The van der Waals surface area contributed by atoms with Gasteiger partial charge < -0.3 is 0 Å². The van der Waals surface area contributed by atoms with E-state index in [1.54, 1.807) is 22.3 Å².